The fraction of sp³-hybridized carbons (Fsp3) is 0.467. The molecular formula is C15H21Cl2N. The third kappa shape index (κ3) is 6.44. The lowest BCUT2D eigenvalue weighted by molar-refractivity contribution is 0.556. The van der Waals surface area contributed by atoms with E-state index < -0.39 is 0 Å². The van der Waals surface area contributed by atoms with Gasteiger partial charge in [0.2, 0.25) is 0 Å². The predicted octanol–water partition coefficient (Wildman–Crippen LogP) is 4.73. The molecule has 1 aromatic rings. The Hall–Kier alpha value is -0.500. The molecule has 3 heteroatoms. The maximum absolute atomic E-state index is 6.09. The zero-order valence-corrected chi connectivity index (χ0v) is 12.6. The molecule has 0 radical (unpaired) electrons. The largest absolute Gasteiger partial charge is 0.316 e. The summed E-state index contributed by atoms with van der Waals surface area (Å²) in [5.41, 5.74) is 1.08. The second-order valence-electron chi connectivity index (χ2n) is 4.80. The van der Waals surface area contributed by atoms with Crippen molar-refractivity contribution in [3.8, 4) is 0 Å². The second-order valence-corrected chi connectivity index (χ2v) is 5.64. The van der Waals surface area contributed by atoms with Crippen molar-refractivity contribution in [2.75, 3.05) is 13.1 Å². The minimum atomic E-state index is 0.708. The highest BCUT2D eigenvalue weighted by molar-refractivity contribution is 6.33. The number of nitrogens with one attached hydrogen (secondary N) is 1. The third-order valence-corrected chi connectivity index (χ3v) is 3.16. The average molecular weight is 286 g/mol. The Kier molecular flexibility index (Phi) is 7.41. The van der Waals surface area contributed by atoms with Gasteiger partial charge in [-0.2, -0.15) is 0 Å². The molecular weight excluding hydrogens is 265 g/mol. The van der Waals surface area contributed by atoms with Crippen LogP contribution in [0.4, 0.5) is 0 Å². The van der Waals surface area contributed by atoms with E-state index in [9.17, 15) is 0 Å². The molecule has 0 saturated carbocycles. The molecule has 1 rings (SSSR count). The maximum atomic E-state index is 6.09. The van der Waals surface area contributed by atoms with Crippen LogP contribution in [-0.4, -0.2) is 13.1 Å². The van der Waals surface area contributed by atoms with Gasteiger partial charge in [-0.05, 0) is 55.6 Å². The fourth-order valence-electron chi connectivity index (χ4n) is 1.60. The van der Waals surface area contributed by atoms with Gasteiger partial charge in [0.05, 0.1) is 0 Å². The third-order valence-electron chi connectivity index (χ3n) is 2.55. The van der Waals surface area contributed by atoms with E-state index in [0.717, 1.165) is 41.5 Å². The van der Waals surface area contributed by atoms with Crippen molar-refractivity contribution < 1.29 is 0 Å². The van der Waals surface area contributed by atoms with Gasteiger partial charge in [-0.3, -0.25) is 0 Å². The summed E-state index contributed by atoms with van der Waals surface area (Å²) in [5.74, 6) is 0.708. The first-order chi connectivity index (χ1) is 8.59. The zero-order chi connectivity index (χ0) is 13.4. The van der Waals surface area contributed by atoms with Crippen LogP contribution in [0.5, 0.6) is 0 Å². The van der Waals surface area contributed by atoms with Gasteiger partial charge in [0, 0.05) is 10.0 Å². The van der Waals surface area contributed by atoms with Crippen molar-refractivity contribution in [1.82, 2.24) is 5.32 Å². The summed E-state index contributed by atoms with van der Waals surface area (Å²) < 4.78 is 0. The SMILES string of the molecule is CC(C)CNCCC=CCc1cc(Cl)ccc1Cl. The molecule has 0 aliphatic heterocycles. The van der Waals surface area contributed by atoms with Crippen molar-refractivity contribution in [1.29, 1.82) is 0 Å². The highest BCUT2D eigenvalue weighted by Crippen LogP contribution is 2.21. The predicted molar refractivity (Wildman–Crippen MR) is 81.6 cm³/mol. The van der Waals surface area contributed by atoms with Crippen molar-refractivity contribution >= 4 is 23.2 Å². The summed E-state index contributed by atoms with van der Waals surface area (Å²) in [5, 5.41) is 4.92. The molecule has 0 saturated heterocycles. The molecule has 0 atom stereocenters. The highest BCUT2D eigenvalue weighted by atomic mass is 35.5. The smallest absolute Gasteiger partial charge is 0.0442 e. The molecule has 0 unspecified atom stereocenters. The van der Waals surface area contributed by atoms with Crippen LogP contribution in [0.3, 0.4) is 0 Å². The molecule has 0 aliphatic rings. The summed E-state index contributed by atoms with van der Waals surface area (Å²) in [6, 6.07) is 5.58. The van der Waals surface area contributed by atoms with Crippen molar-refractivity contribution in [3.05, 3.63) is 46.0 Å². The van der Waals surface area contributed by atoms with E-state index in [1.807, 2.05) is 18.2 Å². The summed E-state index contributed by atoms with van der Waals surface area (Å²) in [7, 11) is 0. The van der Waals surface area contributed by atoms with Crippen LogP contribution in [0.15, 0.2) is 30.4 Å². The first kappa shape index (κ1) is 15.6. The lowest BCUT2D eigenvalue weighted by atomic mass is 10.1. The van der Waals surface area contributed by atoms with Crippen LogP contribution in [0.2, 0.25) is 10.0 Å². The van der Waals surface area contributed by atoms with Crippen molar-refractivity contribution in [2.24, 2.45) is 5.92 Å². The van der Waals surface area contributed by atoms with Crippen molar-refractivity contribution in [3.63, 3.8) is 0 Å². The van der Waals surface area contributed by atoms with Crippen LogP contribution in [-0.2, 0) is 6.42 Å². The monoisotopic (exact) mass is 285 g/mol. The molecule has 1 nitrogen and oxygen atoms in total. The van der Waals surface area contributed by atoms with Gasteiger partial charge in [0.1, 0.15) is 0 Å². The summed E-state index contributed by atoms with van der Waals surface area (Å²) in [4.78, 5) is 0. The minimum absolute atomic E-state index is 0.708. The molecule has 0 fully saturated rings. The van der Waals surface area contributed by atoms with Gasteiger partial charge in [0.15, 0.2) is 0 Å². The molecule has 0 amide bonds. The van der Waals surface area contributed by atoms with E-state index in [1.54, 1.807) is 0 Å². The average Bonchev–Trinajstić information content (AvgIpc) is 2.32. The van der Waals surface area contributed by atoms with Crippen LogP contribution < -0.4 is 5.32 Å². The number of halogens is 2. The van der Waals surface area contributed by atoms with Gasteiger partial charge in [-0.25, -0.2) is 0 Å². The van der Waals surface area contributed by atoms with Gasteiger partial charge in [-0.15, -0.1) is 0 Å². The molecule has 0 bridgehead atoms. The fourth-order valence-corrected chi connectivity index (χ4v) is 1.99. The first-order valence-electron chi connectivity index (χ1n) is 6.39. The topological polar surface area (TPSA) is 12.0 Å². The number of hydrogen-bond acceptors (Lipinski definition) is 1. The Balaban J connectivity index is 2.25. The number of hydrogen-bond donors (Lipinski definition) is 1. The Morgan fingerprint density at radius 2 is 2.00 bits per heavy atom. The van der Waals surface area contributed by atoms with E-state index in [2.05, 4.69) is 31.3 Å². The van der Waals surface area contributed by atoms with E-state index >= 15 is 0 Å². The lowest BCUT2D eigenvalue weighted by Gasteiger charge is -2.05. The van der Waals surface area contributed by atoms with Crippen LogP contribution >= 0.6 is 23.2 Å². The Morgan fingerprint density at radius 1 is 1.22 bits per heavy atom. The van der Waals surface area contributed by atoms with Gasteiger partial charge in [-0.1, -0.05) is 49.2 Å². The van der Waals surface area contributed by atoms with E-state index in [0.29, 0.717) is 5.92 Å². The van der Waals surface area contributed by atoms with E-state index in [4.69, 9.17) is 23.2 Å². The molecule has 0 aromatic heterocycles. The zero-order valence-electron chi connectivity index (χ0n) is 11.0. The molecule has 1 N–H and O–H groups in total. The standard InChI is InChI=1S/C15H21Cl2N/c1-12(2)11-18-9-5-3-4-6-13-10-14(16)7-8-15(13)17/h3-4,7-8,10,12,18H,5-6,9,11H2,1-2H3. The van der Waals surface area contributed by atoms with E-state index in [-0.39, 0.29) is 0 Å². The molecule has 0 aliphatic carbocycles. The summed E-state index contributed by atoms with van der Waals surface area (Å²) in [6.45, 7) is 6.53. The second kappa shape index (κ2) is 8.58. The number of benzene rings is 1. The minimum Gasteiger partial charge on any atom is -0.316 e. The van der Waals surface area contributed by atoms with Crippen molar-refractivity contribution in [2.45, 2.75) is 26.7 Å². The van der Waals surface area contributed by atoms with Crippen LogP contribution in [0, 0.1) is 5.92 Å². The number of allylic oxidation sites excluding steroid dienone is 1. The van der Waals surface area contributed by atoms with Crippen LogP contribution in [0.1, 0.15) is 25.8 Å². The first-order valence-corrected chi connectivity index (χ1v) is 7.15. The normalized spacial score (nSPS) is 11.6. The summed E-state index contributed by atoms with van der Waals surface area (Å²) >= 11 is 12.0. The Labute approximate surface area is 120 Å². The molecule has 100 valence electrons. The molecule has 0 heterocycles. The van der Waals surface area contributed by atoms with Gasteiger partial charge >= 0.3 is 0 Å². The Morgan fingerprint density at radius 3 is 2.72 bits per heavy atom. The molecule has 0 spiro atoms. The Bertz CT molecular complexity index is 386. The molecule has 18 heavy (non-hydrogen) atoms. The van der Waals surface area contributed by atoms with Crippen LogP contribution in [0.25, 0.3) is 0 Å². The lowest BCUT2D eigenvalue weighted by Crippen LogP contribution is -2.20. The van der Waals surface area contributed by atoms with Gasteiger partial charge in [0.25, 0.3) is 0 Å². The van der Waals surface area contributed by atoms with Gasteiger partial charge < -0.3 is 5.32 Å². The quantitative estimate of drug-likeness (QED) is 0.564. The maximum Gasteiger partial charge on any atom is 0.0442 e. The summed E-state index contributed by atoms with van der Waals surface area (Å²) in [6.07, 6.45) is 6.22. The number of rotatable bonds is 7. The molecule has 1 aromatic carbocycles. The highest BCUT2D eigenvalue weighted by Gasteiger charge is 1.98. The van der Waals surface area contributed by atoms with E-state index in [1.165, 1.54) is 0 Å².